The summed E-state index contributed by atoms with van der Waals surface area (Å²) in [6.45, 7) is 1.96. The third-order valence-corrected chi connectivity index (χ3v) is 2.34. The van der Waals surface area contributed by atoms with Crippen molar-refractivity contribution in [3.05, 3.63) is 33.6 Å². The first-order valence-electron chi connectivity index (χ1n) is 3.74. The van der Waals surface area contributed by atoms with Gasteiger partial charge >= 0.3 is 4.87 Å². The molecular weight excluding hydrogens is 186 g/mol. The van der Waals surface area contributed by atoms with E-state index in [0.29, 0.717) is 5.01 Å². The zero-order valence-corrected chi connectivity index (χ0v) is 7.76. The molecule has 0 spiro atoms. The van der Waals surface area contributed by atoms with Crippen LogP contribution in [-0.2, 0) is 0 Å². The van der Waals surface area contributed by atoms with Gasteiger partial charge in [0, 0.05) is 6.20 Å². The van der Waals surface area contributed by atoms with Crippen LogP contribution in [0.25, 0.3) is 10.7 Å². The second-order valence-electron chi connectivity index (χ2n) is 2.64. The Balaban J connectivity index is 2.47. The Bertz CT molecular complexity index is 457. The summed E-state index contributed by atoms with van der Waals surface area (Å²) in [5, 5.41) is 6.82. The van der Waals surface area contributed by atoms with Crippen LogP contribution < -0.4 is 4.87 Å². The average Bonchev–Trinajstić information content (AvgIpc) is 2.53. The highest BCUT2D eigenvalue weighted by molar-refractivity contribution is 7.12. The highest BCUT2D eigenvalue weighted by Crippen LogP contribution is 2.15. The van der Waals surface area contributed by atoms with Crippen molar-refractivity contribution in [3.8, 4) is 10.7 Å². The number of hydrogen-bond donors (Lipinski definition) is 1. The Hall–Kier alpha value is -1.49. The highest BCUT2D eigenvalue weighted by Gasteiger charge is 2.03. The third-order valence-electron chi connectivity index (χ3n) is 1.57. The van der Waals surface area contributed by atoms with E-state index in [1.165, 1.54) is 0 Å². The second-order valence-corrected chi connectivity index (χ2v) is 3.60. The Kier molecular flexibility index (Phi) is 1.94. The molecule has 1 N–H and O–H groups in total. The molecule has 2 heterocycles. The van der Waals surface area contributed by atoms with Crippen LogP contribution in [0.3, 0.4) is 0 Å². The van der Waals surface area contributed by atoms with E-state index in [0.717, 1.165) is 22.6 Å². The molecule has 66 valence electrons. The molecule has 0 bridgehead atoms. The molecule has 0 saturated carbocycles. The largest absolute Gasteiger partial charge is 0.322 e. The number of aromatic nitrogens is 3. The van der Waals surface area contributed by atoms with Gasteiger partial charge in [0.1, 0.15) is 5.69 Å². The van der Waals surface area contributed by atoms with Crippen LogP contribution in [-0.4, -0.2) is 15.2 Å². The number of H-pyrrole nitrogens is 1. The summed E-state index contributed by atoms with van der Waals surface area (Å²) in [6.07, 6.45) is 1.75. The molecule has 0 saturated heterocycles. The van der Waals surface area contributed by atoms with Crippen LogP contribution in [0, 0.1) is 6.92 Å². The quantitative estimate of drug-likeness (QED) is 0.740. The van der Waals surface area contributed by atoms with Crippen molar-refractivity contribution in [2.75, 3.05) is 0 Å². The normalized spacial score (nSPS) is 10.2. The summed E-state index contributed by atoms with van der Waals surface area (Å²) in [5.74, 6) is 0. The number of nitrogens with zero attached hydrogens (tertiary/aromatic N) is 2. The van der Waals surface area contributed by atoms with Gasteiger partial charge in [0.05, 0.1) is 0 Å². The molecule has 5 heteroatoms. The number of aromatic amines is 1. The molecule has 0 atom stereocenters. The predicted octanol–water partition coefficient (Wildman–Crippen LogP) is 1.20. The molecule has 0 unspecified atom stereocenters. The maximum absolute atomic E-state index is 10.8. The predicted molar refractivity (Wildman–Crippen MR) is 50.7 cm³/mol. The topological polar surface area (TPSA) is 58.6 Å². The van der Waals surface area contributed by atoms with E-state index in [1.54, 1.807) is 6.20 Å². The molecule has 0 fully saturated rings. The molecule has 0 aliphatic carbocycles. The maximum atomic E-state index is 10.8. The van der Waals surface area contributed by atoms with Crippen LogP contribution in [0.5, 0.6) is 0 Å². The van der Waals surface area contributed by atoms with Gasteiger partial charge in [0.25, 0.3) is 0 Å². The Morgan fingerprint density at radius 1 is 1.46 bits per heavy atom. The van der Waals surface area contributed by atoms with Gasteiger partial charge in [-0.1, -0.05) is 17.4 Å². The first kappa shape index (κ1) is 8.12. The van der Waals surface area contributed by atoms with Crippen molar-refractivity contribution in [3.63, 3.8) is 0 Å². The molecule has 0 aliphatic heterocycles. The smallest absolute Gasteiger partial charge is 0.255 e. The lowest BCUT2D eigenvalue weighted by molar-refractivity contribution is 1.05. The van der Waals surface area contributed by atoms with E-state index >= 15 is 0 Å². The van der Waals surface area contributed by atoms with Crippen LogP contribution in [0.4, 0.5) is 0 Å². The molecule has 0 aromatic carbocycles. The third kappa shape index (κ3) is 1.65. The Morgan fingerprint density at radius 3 is 2.85 bits per heavy atom. The lowest BCUT2D eigenvalue weighted by atomic mass is 10.3. The standard InChI is InChI=1S/C8H7N3OS/c1-5-2-3-6(9-4-5)7-10-11-8(12)13-7/h2-4H,1H3,(H,11,12). The van der Waals surface area contributed by atoms with Crippen LogP contribution in [0.15, 0.2) is 23.1 Å². The van der Waals surface area contributed by atoms with Crippen molar-refractivity contribution in [1.82, 2.24) is 15.2 Å². The fraction of sp³-hybridized carbons (Fsp3) is 0.125. The molecule has 2 aromatic heterocycles. The van der Waals surface area contributed by atoms with Crippen molar-refractivity contribution < 1.29 is 0 Å². The molecule has 0 aliphatic rings. The van der Waals surface area contributed by atoms with E-state index in [4.69, 9.17) is 0 Å². The number of hydrogen-bond acceptors (Lipinski definition) is 4. The van der Waals surface area contributed by atoms with Gasteiger partial charge in [-0.3, -0.25) is 9.78 Å². The molecule has 0 radical (unpaired) electrons. The lowest BCUT2D eigenvalue weighted by Gasteiger charge is -1.93. The van der Waals surface area contributed by atoms with Gasteiger partial charge in [0.2, 0.25) is 0 Å². The van der Waals surface area contributed by atoms with Crippen LogP contribution in [0.2, 0.25) is 0 Å². The van der Waals surface area contributed by atoms with Gasteiger partial charge in [-0.05, 0) is 18.6 Å². The SMILES string of the molecule is Cc1ccc(-c2n[nH]c(=O)s2)nc1. The minimum Gasteiger partial charge on any atom is -0.255 e. The van der Waals surface area contributed by atoms with Gasteiger partial charge in [-0.15, -0.1) is 0 Å². The minimum atomic E-state index is -0.155. The Morgan fingerprint density at radius 2 is 2.31 bits per heavy atom. The van der Waals surface area contributed by atoms with Gasteiger partial charge in [-0.25, -0.2) is 5.10 Å². The van der Waals surface area contributed by atoms with E-state index in [9.17, 15) is 4.79 Å². The first-order chi connectivity index (χ1) is 6.25. The number of nitrogens with one attached hydrogen (secondary N) is 1. The van der Waals surface area contributed by atoms with Crippen LogP contribution >= 0.6 is 11.3 Å². The molecule has 13 heavy (non-hydrogen) atoms. The number of rotatable bonds is 1. The molecule has 0 amide bonds. The average molecular weight is 193 g/mol. The molecule has 4 nitrogen and oxygen atoms in total. The fourth-order valence-electron chi connectivity index (χ4n) is 0.934. The summed E-state index contributed by atoms with van der Waals surface area (Å²) >= 11 is 1.06. The van der Waals surface area contributed by atoms with E-state index in [-0.39, 0.29) is 4.87 Å². The minimum absolute atomic E-state index is 0.155. The summed E-state index contributed by atoms with van der Waals surface area (Å²) in [4.78, 5) is 14.8. The van der Waals surface area contributed by atoms with Gasteiger partial charge < -0.3 is 0 Å². The van der Waals surface area contributed by atoms with Gasteiger partial charge in [0.15, 0.2) is 5.01 Å². The van der Waals surface area contributed by atoms with Crippen molar-refractivity contribution in [2.45, 2.75) is 6.92 Å². The van der Waals surface area contributed by atoms with Crippen molar-refractivity contribution in [1.29, 1.82) is 0 Å². The lowest BCUT2D eigenvalue weighted by Crippen LogP contribution is -1.90. The summed E-state index contributed by atoms with van der Waals surface area (Å²) in [7, 11) is 0. The van der Waals surface area contributed by atoms with Gasteiger partial charge in [-0.2, -0.15) is 5.10 Å². The van der Waals surface area contributed by atoms with Crippen molar-refractivity contribution >= 4 is 11.3 Å². The van der Waals surface area contributed by atoms with E-state index in [2.05, 4.69) is 15.2 Å². The van der Waals surface area contributed by atoms with E-state index in [1.807, 2.05) is 19.1 Å². The number of aryl methyl sites for hydroxylation is 1. The van der Waals surface area contributed by atoms with Crippen molar-refractivity contribution in [2.24, 2.45) is 0 Å². The highest BCUT2D eigenvalue weighted by atomic mass is 32.1. The molecule has 2 rings (SSSR count). The monoisotopic (exact) mass is 193 g/mol. The zero-order valence-electron chi connectivity index (χ0n) is 6.94. The van der Waals surface area contributed by atoms with E-state index < -0.39 is 0 Å². The van der Waals surface area contributed by atoms with Crippen LogP contribution in [0.1, 0.15) is 5.56 Å². The maximum Gasteiger partial charge on any atom is 0.322 e. The summed E-state index contributed by atoms with van der Waals surface area (Å²) < 4.78 is 0. The fourth-order valence-corrected chi connectivity index (χ4v) is 1.52. The Labute approximate surface area is 78.3 Å². The molecular formula is C8H7N3OS. The molecule has 2 aromatic rings. The first-order valence-corrected chi connectivity index (χ1v) is 4.56. The second kappa shape index (κ2) is 3.10. The summed E-state index contributed by atoms with van der Waals surface area (Å²) in [5.41, 5.74) is 1.82. The number of pyridine rings is 1. The zero-order chi connectivity index (χ0) is 9.26. The summed E-state index contributed by atoms with van der Waals surface area (Å²) in [6, 6.07) is 3.79.